The van der Waals surface area contributed by atoms with Gasteiger partial charge in [0.2, 0.25) is 0 Å². The number of amides is 1. The molecule has 0 saturated carbocycles. The van der Waals surface area contributed by atoms with Crippen LogP contribution in [0.4, 0.5) is 11.4 Å². The molecule has 1 fully saturated rings. The summed E-state index contributed by atoms with van der Waals surface area (Å²) < 4.78 is 10.5. The second-order valence-electron chi connectivity index (χ2n) is 6.20. The molecule has 0 spiro atoms. The number of phenolic OH excluding ortho intramolecular Hbond substituents is 1. The van der Waals surface area contributed by atoms with E-state index in [1.807, 2.05) is 12.1 Å². The maximum atomic E-state index is 12.3. The highest BCUT2D eigenvalue weighted by atomic mass is 16.5. The van der Waals surface area contributed by atoms with Crippen LogP contribution in [0.5, 0.6) is 5.75 Å². The molecule has 3 rings (SSSR count). The Morgan fingerprint density at radius 1 is 1.11 bits per heavy atom. The van der Waals surface area contributed by atoms with Crippen molar-refractivity contribution in [2.24, 2.45) is 0 Å². The molecule has 2 N–H and O–H groups in total. The SMILES string of the molecule is C[C@@H](OC(=O)c1ccccc1O)C(=O)Nc1ccc(N2CCOCC2)cc1. The minimum absolute atomic E-state index is 0.0204. The first kappa shape index (κ1) is 18.7. The summed E-state index contributed by atoms with van der Waals surface area (Å²) in [6, 6.07) is 13.5. The number of ether oxygens (including phenoxy) is 2. The number of nitrogens with one attached hydrogen (secondary N) is 1. The van der Waals surface area contributed by atoms with Crippen molar-refractivity contribution < 1.29 is 24.2 Å². The zero-order valence-electron chi connectivity index (χ0n) is 15.1. The number of anilines is 2. The van der Waals surface area contributed by atoms with Gasteiger partial charge in [-0.25, -0.2) is 4.79 Å². The molecule has 0 aliphatic carbocycles. The van der Waals surface area contributed by atoms with Gasteiger partial charge in [0.25, 0.3) is 5.91 Å². The molecule has 1 saturated heterocycles. The summed E-state index contributed by atoms with van der Waals surface area (Å²) in [5.74, 6) is -1.38. The lowest BCUT2D eigenvalue weighted by molar-refractivity contribution is -0.123. The third kappa shape index (κ3) is 4.77. The number of morpholine rings is 1. The fourth-order valence-corrected chi connectivity index (χ4v) is 2.74. The molecule has 1 amide bonds. The summed E-state index contributed by atoms with van der Waals surface area (Å²) in [5.41, 5.74) is 1.70. The van der Waals surface area contributed by atoms with Crippen molar-refractivity contribution >= 4 is 23.3 Å². The van der Waals surface area contributed by atoms with Crippen LogP contribution in [0.2, 0.25) is 0 Å². The Labute approximate surface area is 157 Å². The monoisotopic (exact) mass is 370 g/mol. The van der Waals surface area contributed by atoms with Gasteiger partial charge in [0.1, 0.15) is 11.3 Å². The van der Waals surface area contributed by atoms with Crippen molar-refractivity contribution in [1.29, 1.82) is 0 Å². The van der Waals surface area contributed by atoms with Crippen LogP contribution in [0.25, 0.3) is 0 Å². The van der Waals surface area contributed by atoms with Crippen molar-refractivity contribution in [3.05, 3.63) is 54.1 Å². The molecule has 0 bridgehead atoms. The Kier molecular flexibility index (Phi) is 5.93. The second-order valence-corrected chi connectivity index (χ2v) is 6.20. The minimum Gasteiger partial charge on any atom is -0.507 e. The number of phenols is 1. The van der Waals surface area contributed by atoms with Gasteiger partial charge < -0.3 is 24.8 Å². The van der Waals surface area contributed by atoms with Crippen molar-refractivity contribution in [3.63, 3.8) is 0 Å². The summed E-state index contributed by atoms with van der Waals surface area (Å²) >= 11 is 0. The number of carbonyl (C=O) groups is 2. The highest BCUT2D eigenvalue weighted by molar-refractivity contribution is 5.98. The molecule has 27 heavy (non-hydrogen) atoms. The number of carbonyl (C=O) groups excluding carboxylic acids is 2. The van der Waals surface area contributed by atoms with Crippen LogP contribution in [0, 0.1) is 0 Å². The van der Waals surface area contributed by atoms with Crippen LogP contribution in [0.15, 0.2) is 48.5 Å². The number of rotatable bonds is 5. The van der Waals surface area contributed by atoms with Gasteiger partial charge in [0.05, 0.1) is 13.2 Å². The number of esters is 1. The summed E-state index contributed by atoms with van der Waals surface area (Å²) in [5, 5.41) is 12.4. The third-order valence-corrected chi connectivity index (χ3v) is 4.29. The van der Waals surface area contributed by atoms with Crippen LogP contribution in [-0.2, 0) is 14.3 Å². The lowest BCUT2D eigenvalue weighted by Crippen LogP contribution is -2.36. The lowest BCUT2D eigenvalue weighted by Gasteiger charge is -2.28. The summed E-state index contributed by atoms with van der Waals surface area (Å²) in [7, 11) is 0. The Morgan fingerprint density at radius 3 is 2.44 bits per heavy atom. The molecule has 1 aliphatic heterocycles. The Hall–Kier alpha value is -3.06. The van der Waals surface area contributed by atoms with Gasteiger partial charge in [-0.2, -0.15) is 0 Å². The molecule has 2 aromatic carbocycles. The standard InChI is InChI=1S/C20H22N2O5/c1-14(27-20(25)17-4-2-3-5-18(17)23)19(24)21-15-6-8-16(9-7-15)22-10-12-26-13-11-22/h2-9,14,23H,10-13H2,1H3,(H,21,24)/t14-/m1/s1. The highest BCUT2D eigenvalue weighted by Crippen LogP contribution is 2.20. The van der Waals surface area contributed by atoms with Crippen LogP contribution >= 0.6 is 0 Å². The van der Waals surface area contributed by atoms with Crippen molar-refractivity contribution in [1.82, 2.24) is 0 Å². The molecule has 1 heterocycles. The van der Waals surface area contributed by atoms with Crippen LogP contribution in [0.1, 0.15) is 17.3 Å². The molecule has 0 unspecified atom stereocenters. The van der Waals surface area contributed by atoms with E-state index in [-0.39, 0.29) is 11.3 Å². The summed E-state index contributed by atoms with van der Waals surface area (Å²) in [6.45, 7) is 4.57. The third-order valence-electron chi connectivity index (χ3n) is 4.29. The first-order valence-electron chi connectivity index (χ1n) is 8.77. The lowest BCUT2D eigenvalue weighted by atomic mass is 10.2. The molecule has 1 aliphatic rings. The van der Waals surface area contributed by atoms with E-state index in [0.29, 0.717) is 18.9 Å². The summed E-state index contributed by atoms with van der Waals surface area (Å²) in [4.78, 5) is 26.6. The summed E-state index contributed by atoms with van der Waals surface area (Å²) in [6.07, 6.45) is -1.00. The Bertz CT molecular complexity index is 800. The molecule has 7 nitrogen and oxygen atoms in total. The average Bonchev–Trinajstić information content (AvgIpc) is 2.69. The number of nitrogens with zero attached hydrogens (tertiary/aromatic N) is 1. The Morgan fingerprint density at radius 2 is 1.78 bits per heavy atom. The predicted octanol–water partition coefficient (Wildman–Crippen LogP) is 2.41. The first-order chi connectivity index (χ1) is 13.0. The van der Waals surface area contributed by atoms with E-state index >= 15 is 0 Å². The zero-order chi connectivity index (χ0) is 19.2. The normalized spacial score (nSPS) is 15.1. The quantitative estimate of drug-likeness (QED) is 0.786. The molecule has 7 heteroatoms. The van der Waals surface area contributed by atoms with E-state index in [4.69, 9.17) is 9.47 Å². The smallest absolute Gasteiger partial charge is 0.342 e. The van der Waals surface area contributed by atoms with Gasteiger partial charge in [-0.15, -0.1) is 0 Å². The molecular formula is C20H22N2O5. The van der Waals surface area contributed by atoms with E-state index in [2.05, 4.69) is 10.2 Å². The topological polar surface area (TPSA) is 88.1 Å². The van der Waals surface area contributed by atoms with E-state index in [9.17, 15) is 14.7 Å². The molecule has 1 atom stereocenters. The van der Waals surface area contributed by atoms with E-state index in [0.717, 1.165) is 18.8 Å². The first-order valence-corrected chi connectivity index (χ1v) is 8.77. The van der Waals surface area contributed by atoms with Crippen LogP contribution in [0.3, 0.4) is 0 Å². The number of benzene rings is 2. The molecule has 0 radical (unpaired) electrons. The number of para-hydroxylation sites is 1. The van der Waals surface area contributed by atoms with Crippen LogP contribution < -0.4 is 10.2 Å². The minimum atomic E-state index is -1.00. The number of aromatic hydroxyl groups is 1. The van der Waals surface area contributed by atoms with E-state index in [1.165, 1.54) is 19.1 Å². The molecule has 2 aromatic rings. The fraction of sp³-hybridized carbons (Fsp3) is 0.300. The number of hydrogen-bond acceptors (Lipinski definition) is 6. The fourth-order valence-electron chi connectivity index (χ4n) is 2.74. The van der Waals surface area contributed by atoms with Crippen molar-refractivity contribution in [3.8, 4) is 5.75 Å². The molecule has 142 valence electrons. The van der Waals surface area contributed by atoms with Gasteiger partial charge in [0, 0.05) is 24.5 Å². The van der Waals surface area contributed by atoms with Crippen molar-refractivity contribution in [2.75, 3.05) is 36.5 Å². The largest absolute Gasteiger partial charge is 0.507 e. The molecule has 0 aromatic heterocycles. The number of hydrogen-bond donors (Lipinski definition) is 2. The van der Waals surface area contributed by atoms with Gasteiger partial charge in [0.15, 0.2) is 6.10 Å². The maximum absolute atomic E-state index is 12.3. The van der Waals surface area contributed by atoms with Gasteiger partial charge in [-0.3, -0.25) is 4.79 Å². The predicted molar refractivity (Wildman–Crippen MR) is 101 cm³/mol. The second kappa shape index (κ2) is 8.55. The van der Waals surface area contributed by atoms with E-state index < -0.39 is 18.0 Å². The highest BCUT2D eigenvalue weighted by Gasteiger charge is 2.21. The van der Waals surface area contributed by atoms with Gasteiger partial charge in [-0.1, -0.05) is 12.1 Å². The average molecular weight is 370 g/mol. The molecular weight excluding hydrogens is 348 g/mol. The van der Waals surface area contributed by atoms with Crippen molar-refractivity contribution in [2.45, 2.75) is 13.0 Å². The van der Waals surface area contributed by atoms with Gasteiger partial charge in [-0.05, 0) is 43.3 Å². The van der Waals surface area contributed by atoms with Crippen LogP contribution in [-0.4, -0.2) is 49.4 Å². The zero-order valence-corrected chi connectivity index (χ0v) is 15.1. The van der Waals surface area contributed by atoms with Gasteiger partial charge >= 0.3 is 5.97 Å². The Balaban J connectivity index is 1.56. The maximum Gasteiger partial charge on any atom is 0.342 e. The van der Waals surface area contributed by atoms with E-state index in [1.54, 1.807) is 24.3 Å².